The maximum Gasteiger partial charge on any atom is 0.407 e. The van der Waals surface area contributed by atoms with Gasteiger partial charge < -0.3 is 15.2 Å². The summed E-state index contributed by atoms with van der Waals surface area (Å²) in [7, 11) is 0. The number of aliphatic hydroxyl groups is 1. The molecule has 2 aromatic carbocycles. The van der Waals surface area contributed by atoms with E-state index < -0.39 is 18.2 Å². The Bertz CT molecular complexity index is 592. The molecule has 122 valence electrons. The number of alkyl halides is 1. The van der Waals surface area contributed by atoms with Crippen molar-refractivity contribution in [1.29, 1.82) is 0 Å². The van der Waals surface area contributed by atoms with E-state index in [0.717, 1.165) is 11.1 Å². The highest BCUT2D eigenvalue weighted by molar-refractivity contribution is 6.18. The van der Waals surface area contributed by atoms with Crippen LogP contribution in [0.25, 0.3) is 0 Å². The van der Waals surface area contributed by atoms with Crippen LogP contribution >= 0.6 is 11.6 Å². The predicted molar refractivity (Wildman–Crippen MR) is 90.4 cm³/mol. The van der Waals surface area contributed by atoms with Crippen molar-refractivity contribution in [2.24, 2.45) is 0 Å². The molecule has 0 aliphatic carbocycles. The van der Waals surface area contributed by atoms with Crippen LogP contribution in [0.5, 0.6) is 0 Å². The van der Waals surface area contributed by atoms with Gasteiger partial charge in [0.1, 0.15) is 6.61 Å². The molecule has 0 saturated carbocycles. The maximum absolute atomic E-state index is 11.9. The van der Waals surface area contributed by atoms with Crippen molar-refractivity contribution in [3.05, 3.63) is 71.8 Å². The number of hydrogen-bond acceptors (Lipinski definition) is 3. The molecular weight excluding hydrogens is 314 g/mol. The quantitative estimate of drug-likeness (QED) is 0.765. The highest BCUT2D eigenvalue weighted by Crippen LogP contribution is 2.08. The van der Waals surface area contributed by atoms with Gasteiger partial charge in [-0.2, -0.15) is 0 Å². The van der Waals surface area contributed by atoms with E-state index >= 15 is 0 Å². The van der Waals surface area contributed by atoms with Gasteiger partial charge in [-0.25, -0.2) is 4.79 Å². The van der Waals surface area contributed by atoms with Crippen molar-refractivity contribution in [2.45, 2.75) is 25.2 Å². The van der Waals surface area contributed by atoms with Crippen molar-refractivity contribution in [3.8, 4) is 0 Å². The third-order valence-electron chi connectivity index (χ3n) is 3.44. The molecule has 2 atom stereocenters. The fourth-order valence-corrected chi connectivity index (χ4v) is 2.39. The Hall–Kier alpha value is -2.04. The zero-order valence-electron chi connectivity index (χ0n) is 12.7. The largest absolute Gasteiger partial charge is 0.445 e. The number of hydrogen-bond donors (Lipinski definition) is 2. The molecule has 0 bridgehead atoms. The molecule has 0 saturated heterocycles. The van der Waals surface area contributed by atoms with E-state index in [0.29, 0.717) is 6.42 Å². The second-order valence-electron chi connectivity index (χ2n) is 5.22. The first-order valence-corrected chi connectivity index (χ1v) is 7.97. The normalized spacial score (nSPS) is 13.1. The number of carbonyl (C=O) groups excluding carboxylic acids is 1. The minimum absolute atomic E-state index is 0.0382. The first-order chi connectivity index (χ1) is 11.2. The summed E-state index contributed by atoms with van der Waals surface area (Å²) >= 11 is 5.73. The van der Waals surface area contributed by atoms with Crippen molar-refractivity contribution >= 4 is 17.7 Å². The number of carbonyl (C=O) groups is 1. The van der Waals surface area contributed by atoms with E-state index in [2.05, 4.69) is 5.32 Å². The summed E-state index contributed by atoms with van der Waals surface area (Å²) in [6, 6.07) is 18.5. The summed E-state index contributed by atoms with van der Waals surface area (Å²) in [5.41, 5.74) is 1.91. The summed E-state index contributed by atoms with van der Waals surface area (Å²) < 4.78 is 5.19. The van der Waals surface area contributed by atoms with E-state index in [1.54, 1.807) is 0 Å². The number of aliphatic hydroxyl groups excluding tert-OH is 1. The molecule has 5 heteroatoms. The van der Waals surface area contributed by atoms with E-state index in [-0.39, 0.29) is 12.5 Å². The highest BCUT2D eigenvalue weighted by Gasteiger charge is 2.21. The molecule has 4 nitrogen and oxygen atoms in total. The molecule has 1 unspecified atom stereocenters. The molecule has 23 heavy (non-hydrogen) atoms. The average molecular weight is 334 g/mol. The van der Waals surface area contributed by atoms with Crippen molar-refractivity contribution < 1.29 is 14.6 Å². The van der Waals surface area contributed by atoms with Gasteiger partial charge in [0.15, 0.2) is 0 Å². The van der Waals surface area contributed by atoms with Crippen LogP contribution in [0.3, 0.4) is 0 Å². The zero-order valence-corrected chi connectivity index (χ0v) is 13.4. The second kappa shape index (κ2) is 9.18. The molecule has 0 spiro atoms. The minimum Gasteiger partial charge on any atom is -0.445 e. The number of benzene rings is 2. The van der Waals surface area contributed by atoms with Crippen molar-refractivity contribution in [3.63, 3.8) is 0 Å². The summed E-state index contributed by atoms with van der Waals surface area (Å²) in [6.07, 6.45) is -0.935. The van der Waals surface area contributed by atoms with Crippen LogP contribution in [0.1, 0.15) is 11.1 Å². The third kappa shape index (κ3) is 5.93. The number of ether oxygens (including phenoxy) is 1. The van der Waals surface area contributed by atoms with Gasteiger partial charge in [0.05, 0.1) is 18.0 Å². The Morgan fingerprint density at radius 3 is 2.17 bits per heavy atom. The van der Waals surface area contributed by atoms with Gasteiger partial charge in [0, 0.05) is 0 Å². The topological polar surface area (TPSA) is 58.6 Å². The van der Waals surface area contributed by atoms with Crippen LogP contribution in [-0.2, 0) is 17.8 Å². The lowest BCUT2D eigenvalue weighted by Gasteiger charge is -2.22. The number of amides is 1. The Kier molecular flexibility index (Phi) is 6.91. The van der Waals surface area contributed by atoms with Crippen LogP contribution in [0, 0.1) is 0 Å². The predicted octanol–water partition coefficient (Wildman–Crippen LogP) is 3.12. The molecule has 1 amide bonds. The van der Waals surface area contributed by atoms with Gasteiger partial charge in [-0.05, 0) is 17.5 Å². The van der Waals surface area contributed by atoms with E-state index in [1.165, 1.54) is 0 Å². The SMILES string of the molecule is O=C(N[C@@H](Cc1ccccc1)C(O)CCl)OCc1ccccc1. The number of rotatable bonds is 7. The molecule has 0 aliphatic rings. The lowest BCUT2D eigenvalue weighted by molar-refractivity contribution is 0.110. The number of halogens is 1. The first-order valence-electron chi connectivity index (χ1n) is 7.44. The Morgan fingerprint density at radius 1 is 1.04 bits per heavy atom. The van der Waals surface area contributed by atoms with Crippen LogP contribution in [0.2, 0.25) is 0 Å². The monoisotopic (exact) mass is 333 g/mol. The highest BCUT2D eigenvalue weighted by atomic mass is 35.5. The zero-order chi connectivity index (χ0) is 16.5. The lowest BCUT2D eigenvalue weighted by Crippen LogP contribution is -2.45. The third-order valence-corrected chi connectivity index (χ3v) is 3.75. The minimum atomic E-state index is -0.846. The van der Waals surface area contributed by atoms with Gasteiger partial charge in [0.2, 0.25) is 0 Å². The van der Waals surface area contributed by atoms with Gasteiger partial charge in [-0.1, -0.05) is 60.7 Å². The molecule has 0 aromatic heterocycles. The molecule has 2 N–H and O–H groups in total. The van der Waals surface area contributed by atoms with Gasteiger partial charge in [-0.3, -0.25) is 0 Å². The van der Waals surface area contributed by atoms with E-state index in [9.17, 15) is 9.90 Å². The fourth-order valence-electron chi connectivity index (χ4n) is 2.17. The van der Waals surface area contributed by atoms with E-state index in [4.69, 9.17) is 16.3 Å². The standard InChI is InChI=1S/C18H20ClNO3/c19-12-17(21)16(11-14-7-3-1-4-8-14)20-18(22)23-13-15-9-5-2-6-10-15/h1-10,16-17,21H,11-13H2,(H,20,22)/t16-,17?/m0/s1. The van der Waals surface area contributed by atoms with Crippen LogP contribution in [0.15, 0.2) is 60.7 Å². The van der Waals surface area contributed by atoms with Crippen LogP contribution < -0.4 is 5.32 Å². The molecule has 0 aliphatic heterocycles. The smallest absolute Gasteiger partial charge is 0.407 e. The van der Waals surface area contributed by atoms with Gasteiger partial charge >= 0.3 is 6.09 Å². The number of nitrogens with one attached hydrogen (secondary N) is 1. The second-order valence-corrected chi connectivity index (χ2v) is 5.53. The van der Waals surface area contributed by atoms with Gasteiger partial charge in [-0.15, -0.1) is 11.6 Å². The molecule has 0 fully saturated rings. The van der Waals surface area contributed by atoms with Crippen molar-refractivity contribution in [1.82, 2.24) is 5.32 Å². The number of alkyl carbamates (subject to hydrolysis) is 1. The van der Waals surface area contributed by atoms with E-state index in [1.807, 2.05) is 60.7 Å². The van der Waals surface area contributed by atoms with Crippen molar-refractivity contribution in [2.75, 3.05) is 5.88 Å². The summed E-state index contributed by atoms with van der Waals surface area (Å²) in [5.74, 6) is 0.0382. The van der Waals surface area contributed by atoms with Crippen LogP contribution in [-0.4, -0.2) is 29.2 Å². The molecule has 2 aromatic rings. The summed E-state index contributed by atoms with van der Waals surface area (Å²) in [6.45, 7) is 0.182. The first kappa shape index (κ1) is 17.3. The molecule has 2 rings (SSSR count). The fraction of sp³-hybridized carbons (Fsp3) is 0.278. The Labute approximate surface area is 141 Å². The molecule has 0 heterocycles. The Balaban J connectivity index is 1.90. The average Bonchev–Trinajstić information content (AvgIpc) is 2.60. The summed E-state index contributed by atoms with van der Waals surface area (Å²) in [5, 5.41) is 12.7. The van der Waals surface area contributed by atoms with Crippen LogP contribution in [0.4, 0.5) is 4.79 Å². The maximum atomic E-state index is 11.9. The lowest BCUT2D eigenvalue weighted by atomic mass is 10.0. The summed E-state index contributed by atoms with van der Waals surface area (Å²) in [4.78, 5) is 11.9. The van der Waals surface area contributed by atoms with Gasteiger partial charge in [0.25, 0.3) is 0 Å². The Morgan fingerprint density at radius 2 is 1.61 bits per heavy atom. The molecule has 0 radical (unpaired) electrons. The molecular formula is C18H20ClNO3.